The van der Waals surface area contributed by atoms with E-state index in [2.05, 4.69) is 12.2 Å². The minimum absolute atomic E-state index is 0.0350. The first kappa shape index (κ1) is 14.4. The van der Waals surface area contributed by atoms with Crippen LogP contribution in [0.2, 0.25) is 0 Å². The van der Waals surface area contributed by atoms with E-state index in [9.17, 15) is 9.59 Å². The number of carboxylic acids is 1. The number of rotatable bonds is 3. The van der Waals surface area contributed by atoms with Crippen LogP contribution in [0.1, 0.15) is 58.3 Å². The van der Waals surface area contributed by atoms with E-state index >= 15 is 0 Å². The molecule has 0 spiro atoms. The van der Waals surface area contributed by atoms with Crippen LogP contribution in [-0.2, 0) is 9.59 Å². The Morgan fingerprint density at radius 1 is 1.00 bits per heavy atom. The third kappa shape index (κ3) is 3.95. The fourth-order valence-electron chi connectivity index (χ4n) is 3.49. The number of carbonyl (C=O) groups excluding carboxylic acids is 1. The summed E-state index contributed by atoms with van der Waals surface area (Å²) in [5, 5.41) is 12.1. The quantitative estimate of drug-likeness (QED) is 0.826. The maximum atomic E-state index is 12.2. The lowest BCUT2D eigenvalue weighted by molar-refractivity contribution is -0.144. The highest BCUT2D eigenvalue weighted by atomic mass is 16.4. The summed E-state index contributed by atoms with van der Waals surface area (Å²) >= 11 is 0. The van der Waals surface area contributed by atoms with Gasteiger partial charge in [0.05, 0.1) is 5.92 Å². The second-order valence-electron chi connectivity index (χ2n) is 6.36. The molecule has 19 heavy (non-hydrogen) atoms. The molecule has 1 amide bonds. The van der Waals surface area contributed by atoms with Crippen LogP contribution in [0.4, 0.5) is 0 Å². The molecule has 0 radical (unpaired) electrons. The normalized spacial score (nSPS) is 35.6. The molecule has 0 saturated heterocycles. The highest BCUT2D eigenvalue weighted by molar-refractivity contribution is 5.79. The van der Waals surface area contributed by atoms with E-state index in [-0.39, 0.29) is 17.7 Å². The second kappa shape index (κ2) is 6.40. The van der Waals surface area contributed by atoms with Crippen molar-refractivity contribution in [2.24, 2.45) is 17.8 Å². The van der Waals surface area contributed by atoms with Gasteiger partial charge in [0.15, 0.2) is 0 Å². The number of hydrogen-bond acceptors (Lipinski definition) is 2. The second-order valence-corrected chi connectivity index (χ2v) is 6.36. The molecule has 0 aromatic carbocycles. The van der Waals surface area contributed by atoms with Gasteiger partial charge in [-0.05, 0) is 44.4 Å². The number of aliphatic carboxylic acids is 1. The summed E-state index contributed by atoms with van der Waals surface area (Å²) in [6.07, 6.45) is 7.42. The fourth-order valence-corrected chi connectivity index (χ4v) is 3.49. The lowest BCUT2D eigenvalue weighted by Gasteiger charge is -2.31. The van der Waals surface area contributed by atoms with Gasteiger partial charge in [0.2, 0.25) is 5.91 Å². The van der Waals surface area contributed by atoms with Gasteiger partial charge < -0.3 is 10.4 Å². The molecule has 0 bridgehead atoms. The molecule has 2 N–H and O–H groups in total. The van der Waals surface area contributed by atoms with Gasteiger partial charge in [-0.2, -0.15) is 0 Å². The molecule has 4 nitrogen and oxygen atoms in total. The molecule has 0 aromatic rings. The zero-order valence-electron chi connectivity index (χ0n) is 11.7. The van der Waals surface area contributed by atoms with E-state index in [1.165, 1.54) is 12.8 Å². The van der Waals surface area contributed by atoms with E-state index in [4.69, 9.17) is 5.11 Å². The van der Waals surface area contributed by atoms with Gasteiger partial charge in [-0.25, -0.2) is 0 Å². The number of amides is 1. The van der Waals surface area contributed by atoms with Crippen LogP contribution in [0.5, 0.6) is 0 Å². The van der Waals surface area contributed by atoms with Crippen molar-refractivity contribution in [3.63, 3.8) is 0 Å². The number of carbonyl (C=O) groups is 2. The third-order valence-electron chi connectivity index (χ3n) is 4.73. The summed E-state index contributed by atoms with van der Waals surface area (Å²) in [6.45, 7) is 2.25. The predicted octanol–water partition coefficient (Wildman–Crippen LogP) is 2.57. The van der Waals surface area contributed by atoms with E-state index in [1.807, 2.05) is 0 Å². The molecule has 0 aliphatic heterocycles. The van der Waals surface area contributed by atoms with Crippen molar-refractivity contribution in [3.05, 3.63) is 0 Å². The lowest BCUT2D eigenvalue weighted by atomic mass is 9.81. The van der Waals surface area contributed by atoms with Crippen LogP contribution >= 0.6 is 0 Å². The minimum Gasteiger partial charge on any atom is -0.481 e. The lowest BCUT2D eigenvalue weighted by Crippen LogP contribution is -2.42. The Kier molecular flexibility index (Phi) is 4.83. The van der Waals surface area contributed by atoms with Crippen molar-refractivity contribution in [2.75, 3.05) is 0 Å². The zero-order valence-corrected chi connectivity index (χ0v) is 11.7. The molecule has 2 rings (SSSR count). The van der Waals surface area contributed by atoms with Gasteiger partial charge in [-0.1, -0.05) is 19.8 Å². The van der Waals surface area contributed by atoms with Crippen LogP contribution in [0, 0.1) is 17.8 Å². The van der Waals surface area contributed by atoms with Crippen LogP contribution < -0.4 is 5.32 Å². The largest absolute Gasteiger partial charge is 0.481 e. The van der Waals surface area contributed by atoms with Gasteiger partial charge in [0, 0.05) is 12.0 Å². The number of hydrogen-bond donors (Lipinski definition) is 2. The summed E-state index contributed by atoms with van der Waals surface area (Å²) in [5.74, 6) is -0.0451. The molecule has 2 atom stereocenters. The predicted molar refractivity (Wildman–Crippen MR) is 72.6 cm³/mol. The van der Waals surface area contributed by atoms with Crippen LogP contribution in [0.25, 0.3) is 0 Å². The maximum absolute atomic E-state index is 12.2. The Hall–Kier alpha value is -1.06. The van der Waals surface area contributed by atoms with Crippen molar-refractivity contribution in [2.45, 2.75) is 64.3 Å². The molecule has 108 valence electrons. The Balaban J connectivity index is 1.76. The van der Waals surface area contributed by atoms with Crippen molar-refractivity contribution >= 4 is 11.9 Å². The molecule has 0 heterocycles. The molecular formula is C15H25NO3. The highest BCUT2D eigenvalue weighted by Gasteiger charge is 2.31. The average molecular weight is 267 g/mol. The first-order valence-electron chi connectivity index (χ1n) is 7.59. The number of carboxylic acid groups (broad SMARTS) is 1. The van der Waals surface area contributed by atoms with E-state index in [0.29, 0.717) is 24.8 Å². The zero-order chi connectivity index (χ0) is 13.8. The topological polar surface area (TPSA) is 66.4 Å². The van der Waals surface area contributed by atoms with Crippen molar-refractivity contribution < 1.29 is 14.7 Å². The minimum atomic E-state index is -0.708. The molecular weight excluding hydrogens is 242 g/mol. The highest BCUT2D eigenvalue weighted by Crippen LogP contribution is 2.30. The fraction of sp³-hybridized carbons (Fsp3) is 0.867. The standard InChI is InChI=1S/C15H25NO3/c1-10-3-2-4-13(9-10)16-14(17)11-5-7-12(8-6-11)15(18)19/h10-13H,2-9H2,1H3,(H,16,17)(H,18,19). The van der Waals surface area contributed by atoms with Gasteiger partial charge in [0.1, 0.15) is 0 Å². The van der Waals surface area contributed by atoms with Gasteiger partial charge in [-0.3, -0.25) is 9.59 Å². The Morgan fingerprint density at radius 3 is 2.21 bits per heavy atom. The maximum Gasteiger partial charge on any atom is 0.306 e. The Bertz CT molecular complexity index is 334. The molecule has 4 heteroatoms. The summed E-state index contributed by atoms with van der Waals surface area (Å²) in [7, 11) is 0. The Labute approximate surface area is 115 Å². The molecule has 2 aliphatic carbocycles. The summed E-state index contributed by atoms with van der Waals surface area (Å²) in [6, 6.07) is 0.341. The SMILES string of the molecule is CC1CCCC(NC(=O)C2CCC(C(=O)O)CC2)C1. The number of nitrogens with one attached hydrogen (secondary N) is 1. The van der Waals surface area contributed by atoms with Gasteiger partial charge >= 0.3 is 5.97 Å². The molecule has 2 unspecified atom stereocenters. The molecule has 0 aromatic heterocycles. The first-order valence-corrected chi connectivity index (χ1v) is 7.59. The Morgan fingerprint density at radius 2 is 1.63 bits per heavy atom. The van der Waals surface area contributed by atoms with E-state index < -0.39 is 5.97 Å². The molecule has 2 saturated carbocycles. The van der Waals surface area contributed by atoms with Crippen molar-refractivity contribution in [1.82, 2.24) is 5.32 Å². The van der Waals surface area contributed by atoms with E-state index in [0.717, 1.165) is 25.7 Å². The summed E-state index contributed by atoms with van der Waals surface area (Å²) < 4.78 is 0. The van der Waals surface area contributed by atoms with Crippen molar-refractivity contribution in [3.8, 4) is 0 Å². The monoisotopic (exact) mass is 267 g/mol. The summed E-state index contributed by atoms with van der Waals surface area (Å²) in [4.78, 5) is 23.1. The first-order chi connectivity index (χ1) is 9.06. The third-order valence-corrected chi connectivity index (χ3v) is 4.73. The summed E-state index contributed by atoms with van der Waals surface area (Å²) in [5.41, 5.74) is 0. The van der Waals surface area contributed by atoms with E-state index in [1.54, 1.807) is 0 Å². The van der Waals surface area contributed by atoms with Crippen LogP contribution in [0.15, 0.2) is 0 Å². The average Bonchev–Trinajstić information content (AvgIpc) is 2.39. The molecule has 2 fully saturated rings. The van der Waals surface area contributed by atoms with Gasteiger partial charge in [-0.15, -0.1) is 0 Å². The van der Waals surface area contributed by atoms with Crippen LogP contribution in [-0.4, -0.2) is 23.0 Å². The van der Waals surface area contributed by atoms with Crippen LogP contribution in [0.3, 0.4) is 0 Å². The molecule has 2 aliphatic rings. The van der Waals surface area contributed by atoms with Gasteiger partial charge in [0.25, 0.3) is 0 Å². The smallest absolute Gasteiger partial charge is 0.306 e. The van der Waals surface area contributed by atoms with Crippen molar-refractivity contribution in [1.29, 1.82) is 0 Å².